The Balaban J connectivity index is 1.30. The SMILES string of the molecule is Cc1cccc(Nc2cc(Nc3ccn4ncc(/C=C5/CC(=O)NC5=O)c4n3)cc(NC3CC3)c2)c1. The second-order valence-corrected chi connectivity index (χ2v) is 9.24. The smallest absolute Gasteiger partial charge is 0.254 e. The van der Waals surface area contributed by atoms with Crippen molar-refractivity contribution in [2.75, 3.05) is 16.0 Å². The number of carbonyl (C=O) groups is 2. The molecule has 2 aromatic carbocycles. The first kappa shape index (κ1) is 21.8. The molecule has 3 heterocycles. The fraction of sp³-hybridized carbons (Fsp3) is 0.185. The van der Waals surface area contributed by atoms with Crippen LogP contribution in [0.25, 0.3) is 11.7 Å². The number of benzene rings is 2. The summed E-state index contributed by atoms with van der Waals surface area (Å²) in [5.41, 5.74) is 6.75. The van der Waals surface area contributed by atoms with Gasteiger partial charge in [-0.15, -0.1) is 0 Å². The fourth-order valence-electron chi connectivity index (χ4n) is 4.22. The van der Waals surface area contributed by atoms with Crippen LogP contribution in [0.1, 0.15) is 30.4 Å². The molecule has 1 aliphatic carbocycles. The Morgan fingerprint density at radius 1 is 1.00 bits per heavy atom. The van der Waals surface area contributed by atoms with Crippen molar-refractivity contribution in [3.05, 3.63) is 77.6 Å². The Morgan fingerprint density at radius 2 is 1.81 bits per heavy atom. The topological polar surface area (TPSA) is 112 Å². The summed E-state index contributed by atoms with van der Waals surface area (Å²) in [5, 5.41) is 17.1. The number of aryl methyl sites for hydroxylation is 1. The Bertz CT molecular complexity index is 1530. The standard InChI is InChI=1S/C27H25N7O2/c1-16-3-2-4-20(9-16)30-22-12-21(29-19-5-6-19)13-23(14-22)31-24-7-8-34-26(32-24)18(15-28-34)10-17-11-25(35)33-27(17)36/h2-4,7-10,12-15,19,29-30H,5-6,11H2,1H3,(H,31,32)(H,33,35,36)/b17-10-. The van der Waals surface area contributed by atoms with Crippen molar-refractivity contribution in [2.24, 2.45) is 0 Å². The maximum absolute atomic E-state index is 12.0. The van der Waals surface area contributed by atoms with Crippen molar-refractivity contribution in [1.29, 1.82) is 0 Å². The highest BCUT2D eigenvalue weighted by Crippen LogP contribution is 2.31. The molecule has 9 nitrogen and oxygen atoms in total. The van der Waals surface area contributed by atoms with Gasteiger partial charge in [0.15, 0.2) is 5.65 Å². The van der Waals surface area contributed by atoms with Crippen molar-refractivity contribution in [1.82, 2.24) is 19.9 Å². The molecule has 9 heteroatoms. The number of nitrogens with zero attached hydrogens (tertiary/aromatic N) is 3. The average Bonchev–Trinajstić information content (AvgIpc) is 3.47. The molecule has 6 rings (SSSR count). The van der Waals surface area contributed by atoms with Crippen LogP contribution < -0.4 is 21.3 Å². The van der Waals surface area contributed by atoms with Crippen molar-refractivity contribution < 1.29 is 9.59 Å². The maximum Gasteiger partial charge on any atom is 0.254 e. The normalized spacial score (nSPS) is 16.4. The summed E-state index contributed by atoms with van der Waals surface area (Å²) < 4.78 is 1.64. The van der Waals surface area contributed by atoms with Crippen LogP contribution in [0.5, 0.6) is 0 Å². The molecule has 180 valence electrons. The van der Waals surface area contributed by atoms with E-state index in [2.05, 4.69) is 57.6 Å². The van der Waals surface area contributed by atoms with Gasteiger partial charge in [0.2, 0.25) is 5.91 Å². The van der Waals surface area contributed by atoms with Gasteiger partial charge in [-0.1, -0.05) is 12.1 Å². The molecular weight excluding hydrogens is 454 g/mol. The molecule has 36 heavy (non-hydrogen) atoms. The van der Waals surface area contributed by atoms with Gasteiger partial charge in [-0.05, 0) is 67.8 Å². The minimum absolute atomic E-state index is 0.0611. The van der Waals surface area contributed by atoms with E-state index in [1.807, 2.05) is 30.5 Å². The number of hydrogen-bond acceptors (Lipinski definition) is 7. The molecule has 0 radical (unpaired) electrons. The molecule has 4 N–H and O–H groups in total. The van der Waals surface area contributed by atoms with Gasteiger partial charge in [0.1, 0.15) is 5.82 Å². The van der Waals surface area contributed by atoms with E-state index in [-0.39, 0.29) is 18.2 Å². The van der Waals surface area contributed by atoms with Gasteiger partial charge in [0, 0.05) is 46.1 Å². The molecule has 2 fully saturated rings. The predicted octanol–water partition coefficient (Wildman–Crippen LogP) is 4.53. The monoisotopic (exact) mass is 479 g/mol. The van der Waals surface area contributed by atoms with Gasteiger partial charge in [-0.2, -0.15) is 5.10 Å². The summed E-state index contributed by atoms with van der Waals surface area (Å²) in [6.45, 7) is 2.07. The summed E-state index contributed by atoms with van der Waals surface area (Å²) in [6, 6.07) is 16.8. The number of anilines is 5. The average molecular weight is 480 g/mol. The summed E-state index contributed by atoms with van der Waals surface area (Å²) in [6.07, 6.45) is 7.54. The van der Waals surface area contributed by atoms with Crippen LogP contribution in [-0.4, -0.2) is 32.5 Å². The number of nitrogens with one attached hydrogen (secondary N) is 4. The Morgan fingerprint density at radius 3 is 2.56 bits per heavy atom. The number of fused-ring (bicyclic) bond motifs is 1. The Kier molecular flexibility index (Phi) is 5.37. The molecular formula is C27H25N7O2. The van der Waals surface area contributed by atoms with E-state index in [1.54, 1.807) is 16.8 Å². The van der Waals surface area contributed by atoms with E-state index in [1.165, 1.54) is 18.4 Å². The highest BCUT2D eigenvalue weighted by Gasteiger charge is 2.24. The molecule has 0 bridgehead atoms. The van der Waals surface area contributed by atoms with Crippen molar-refractivity contribution in [2.45, 2.75) is 32.2 Å². The van der Waals surface area contributed by atoms with Crippen LogP contribution in [-0.2, 0) is 9.59 Å². The number of rotatable bonds is 7. The van der Waals surface area contributed by atoms with Crippen LogP contribution in [0.2, 0.25) is 0 Å². The lowest BCUT2D eigenvalue weighted by molar-refractivity contribution is -0.124. The number of aromatic nitrogens is 3. The van der Waals surface area contributed by atoms with Gasteiger partial charge in [0.25, 0.3) is 5.91 Å². The minimum atomic E-state index is -0.373. The number of carbonyl (C=O) groups excluding carboxylic acids is 2. The minimum Gasteiger partial charge on any atom is -0.382 e. The molecule has 0 atom stereocenters. The lowest BCUT2D eigenvalue weighted by atomic mass is 10.1. The van der Waals surface area contributed by atoms with Gasteiger partial charge in [0.05, 0.1) is 12.6 Å². The van der Waals surface area contributed by atoms with Crippen molar-refractivity contribution in [3.8, 4) is 0 Å². The third-order valence-corrected chi connectivity index (χ3v) is 6.08. The van der Waals surface area contributed by atoms with Gasteiger partial charge < -0.3 is 16.0 Å². The number of imide groups is 1. The number of amides is 2. The lowest BCUT2D eigenvalue weighted by Crippen LogP contribution is -2.19. The lowest BCUT2D eigenvalue weighted by Gasteiger charge is -2.14. The Labute approximate surface area is 207 Å². The molecule has 1 aliphatic heterocycles. The highest BCUT2D eigenvalue weighted by molar-refractivity contribution is 6.15. The molecule has 0 spiro atoms. The maximum atomic E-state index is 12.0. The van der Waals surface area contributed by atoms with Crippen LogP contribution in [0, 0.1) is 6.92 Å². The van der Waals surface area contributed by atoms with E-state index in [0.717, 1.165) is 22.7 Å². The summed E-state index contributed by atoms with van der Waals surface area (Å²) in [5.74, 6) is -0.0327. The first-order chi connectivity index (χ1) is 17.5. The first-order valence-electron chi connectivity index (χ1n) is 11.9. The molecule has 0 unspecified atom stereocenters. The molecule has 1 saturated heterocycles. The van der Waals surface area contributed by atoms with Crippen molar-refractivity contribution >= 4 is 52.1 Å². The van der Waals surface area contributed by atoms with Gasteiger partial charge in [-0.3, -0.25) is 14.9 Å². The molecule has 1 saturated carbocycles. The summed E-state index contributed by atoms with van der Waals surface area (Å²) in [4.78, 5) is 28.3. The zero-order valence-corrected chi connectivity index (χ0v) is 19.7. The van der Waals surface area contributed by atoms with Gasteiger partial charge in [-0.25, -0.2) is 9.50 Å². The molecule has 4 aromatic rings. The zero-order chi connectivity index (χ0) is 24.6. The van der Waals surface area contributed by atoms with E-state index in [0.29, 0.717) is 28.6 Å². The largest absolute Gasteiger partial charge is 0.382 e. The van der Waals surface area contributed by atoms with Crippen LogP contribution in [0.15, 0.2) is 66.5 Å². The third kappa shape index (κ3) is 4.76. The van der Waals surface area contributed by atoms with E-state index >= 15 is 0 Å². The quantitative estimate of drug-likeness (QED) is 0.228. The Hall–Kier alpha value is -4.66. The van der Waals surface area contributed by atoms with Crippen LogP contribution >= 0.6 is 0 Å². The van der Waals surface area contributed by atoms with E-state index < -0.39 is 0 Å². The second kappa shape index (κ2) is 8.84. The van der Waals surface area contributed by atoms with E-state index in [9.17, 15) is 9.59 Å². The third-order valence-electron chi connectivity index (χ3n) is 6.08. The summed E-state index contributed by atoms with van der Waals surface area (Å²) >= 11 is 0. The summed E-state index contributed by atoms with van der Waals surface area (Å²) in [7, 11) is 0. The van der Waals surface area contributed by atoms with Crippen molar-refractivity contribution in [3.63, 3.8) is 0 Å². The number of hydrogen-bond donors (Lipinski definition) is 4. The molecule has 2 aliphatic rings. The fourth-order valence-corrected chi connectivity index (χ4v) is 4.22. The predicted molar refractivity (Wildman–Crippen MR) is 140 cm³/mol. The van der Waals surface area contributed by atoms with E-state index in [4.69, 9.17) is 4.98 Å². The molecule has 2 amide bonds. The van der Waals surface area contributed by atoms with Crippen LogP contribution in [0.3, 0.4) is 0 Å². The first-order valence-corrected chi connectivity index (χ1v) is 11.9. The van der Waals surface area contributed by atoms with Gasteiger partial charge >= 0.3 is 0 Å². The zero-order valence-electron chi connectivity index (χ0n) is 19.7. The highest BCUT2D eigenvalue weighted by atomic mass is 16.2. The van der Waals surface area contributed by atoms with Crippen LogP contribution in [0.4, 0.5) is 28.6 Å². The second-order valence-electron chi connectivity index (χ2n) is 9.24. The molecule has 2 aromatic heterocycles.